The Kier molecular flexibility index (Phi) is 3.06. The number of H-pyrrole nitrogens is 1. The SMILES string of the molecule is Cc1[nH]nc(N2CC(CS)CC2=O)c1Br. The monoisotopic (exact) mass is 289 g/mol. The Balaban J connectivity index is 2.25. The quantitative estimate of drug-likeness (QED) is 0.815. The van der Waals surface area contributed by atoms with Crippen LogP contribution in [0.2, 0.25) is 0 Å². The number of nitrogens with zero attached hydrogens (tertiary/aromatic N) is 2. The van der Waals surface area contributed by atoms with Crippen LogP contribution in [0.3, 0.4) is 0 Å². The van der Waals surface area contributed by atoms with E-state index in [-0.39, 0.29) is 5.91 Å². The van der Waals surface area contributed by atoms with Crippen LogP contribution in [0.25, 0.3) is 0 Å². The van der Waals surface area contributed by atoms with Gasteiger partial charge in [-0.05, 0) is 34.5 Å². The fourth-order valence-corrected chi connectivity index (χ4v) is 2.33. The molecule has 0 spiro atoms. The molecule has 0 saturated carbocycles. The number of nitrogens with one attached hydrogen (secondary N) is 1. The summed E-state index contributed by atoms with van der Waals surface area (Å²) in [6, 6.07) is 0. The van der Waals surface area contributed by atoms with Gasteiger partial charge >= 0.3 is 0 Å². The minimum atomic E-state index is 0.126. The average molecular weight is 290 g/mol. The van der Waals surface area contributed by atoms with Gasteiger partial charge in [-0.1, -0.05) is 0 Å². The standard InChI is InChI=1S/C9H12BrN3OS/c1-5-8(10)9(12-11-5)13-3-6(4-15)2-7(13)14/h6,15H,2-4H2,1H3,(H,11,12). The molecule has 0 aromatic carbocycles. The Bertz CT molecular complexity index is 393. The number of thiol groups is 1. The van der Waals surface area contributed by atoms with E-state index in [2.05, 4.69) is 38.8 Å². The maximum absolute atomic E-state index is 11.7. The summed E-state index contributed by atoms with van der Waals surface area (Å²) < 4.78 is 0.871. The van der Waals surface area contributed by atoms with Crippen molar-refractivity contribution in [2.45, 2.75) is 13.3 Å². The van der Waals surface area contributed by atoms with Crippen molar-refractivity contribution in [1.29, 1.82) is 0 Å². The number of rotatable bonds is 2. The number of halogens is 1. The van der Waals surface area contributed by atoms with E-state index in [0.717, 1.165) is 15.9 Å². The molecule has 1 aromatic rings. The van der Waals surface area contributed by atoms with Crippen LogP contribution in [-0.4, -0.2) is 28.4 Å². The number of anilines is 1. The fourth-order valence-electron chi connectivity index (χ4n) is 1.69. The van der Waals surface area contributed by atoms with Gasteiger partial charge in [0.1, 0.15) is 0 Å². The molecule has 1 aliphatic rings. The van der Waals surface area contributed by atoms with Crippen LogP contribution in [0.15, 0.2) is 4.47 Å². The Morgan fingerprint density at radius 3 is 2.93 bits per heavy atom. The fraction of sp³-hybridized carbons (Fsp3) is 0.556. The van der Waals surface area contributed by atoms with Crippen molar-refractivity contribution in [3.63, 3.8) is 0 Å². The Hall–Kier alpha value is -0.490. The molecule has 1 aliphatic heterocycles. The number of aromatic nitrogens is 2. The highest BCUT2D eigenvalue weighted by atomic mass is 79.9. The largest absolute Gasteiger partial charge is 0.294 e. The topological polar surface area (TPSA) is 49.0 Å². The summed E-state index contributed by atoms with van der Waals surface area (Å²) >= 11 is 7.64. The second-order valence-electron chi connectivity index (χ2n) is 3.74. The maximum atomic E-state index is 11.7. The number of hydrogen-bond donors (Lipinski definition) is 2. The smallest absolute Gasteiger partial charge is 0.228 e. The molecule has 1 fully saturated rings. The third-order valence-corrected chi connectivity index (χ3v) is 4.04. The van der Waals surface area contributed by atoms with Gasteiger partial charge < -0.3 is 0 Å². The van der Waals surface area contributed by atoms with E-state index in [0.29, 0.717) is 24.7 Å². The second kappa shape index (κ2) is 4.17. The van der Waals surface area contributed by atoms with Crippen LogP contribution in [0.5, 0.6) is 0 Å². The van der Waals surface area contributed by atoms with E-state index < -0.39 is 0 Å². The molecule has 0 aliphatic carbocycles. The summed E-state index contributed by atoms with van der Waals surface area (Å²) in [6.45, 7) is 2.63. The zero-order valence-electron chi connectivity index (χ0n) is 8.33. The normalized spacial score (nSPS) is 21.4. The van der Waals surface area contributed by atoms with Crippen molar-refractivity contribution in [1.82, 2.24) is 10.2 Å². The molecule has 15 heavy (non-hydrogen) atoms. The zero-order chi connectivity index (χ0) is 11.0. The molecule has 0 radical (unpaired) electrons. The first kappa shape index (κ1) is 11.0. The molecule has 2 heterocycles. The number of carbonyl (C=O) groups is 1. The van der Waals surface area contributed by atoms with Gasteiger partial charge in [0.25, 0.3) is 0 Å². The lowest BCUT2D eigenvalue weighted by Crippen LogP contribution is -2.25. The van der Waals surface area contributed by atoms with Gasteiger partial charge in [0.15, 0.2) is 5.82 Å². The second-order valence-corrected chi connectivity index (χ2v) is 4.90. The Labute approximate surface area is 102 Å². The number of amides is 1. The molecular formula is C9H12BrN3OS. The first-order valence-electron chi connectivity index (χ1n) is 4.75. The third-order valence-electron chi connectivity index (χ3n) is 2.57. The average Bonchev–Trinajstić information content (AvgIpc) is 2.73. The summed E-state index contributed by atoms with van der Waals surface area (Å²) in [4.78, 5) is 13.4. The summed E-state index contributed by atoms with van der Waals surface area (Å²) in [5.74, 6) is 1.90. The molecule has 0 bridgehead atoms. The molecule has 1 amide bonds. The van der Waals surface area contributed by atoms with Gasteiger partial charge in [-0.2, -0.15) is 17.7 Å². The molecule has 1 N–H and O–H groups in total. The lowest BCUT2D eigenvalue weighted by molar-refractivity contribution is -0.117. The van der Waals surface area contributed by atoms with E-state index >= 15 is 0 Å². The number of carbonyl (C=O) groups excluding carboxylic acids is 1. The number of aryl methyl sites for hydroxylation is 1. The van der Waals surface area contributed by atoms with Crippen LogP contribution in [0, 0.1) is 12.8 Å². The predicted octanol–water partition coefficient (Wildman–Crippen LogP) is 1.76. The van der Waals surface area contributed by atoms with Crippen molar-refractivity contribution in [3.05, 3.63) is 10.2 Å². The predicted molar refractivity (Wildman–Crippen MR) is 65.3 cm³/mol. The van der Waals surface area contributed by atoms with E-state index in [1.165, 1.54) is 0 Å². The van der Waals surface area contributed by atoms with Crippen LogP contribution < -0.4 is 4.90 Å². The van der Waals surface area contributed by atoms with E-state index in [1.54, 1.807) is 4.90 Å². The molecule has 6 heteroatoms. The van der Waals surface area contributed by atoms with Gasteiger partial charge in [0.2, 0.25) is 5.91 Å². The highest BCUT2D eigenvalue weighted by Crippen LogP contribution is 2.31. The van der Waals surface area contributed by atoms with Gasteiger partial charge in [0.05, 0.1) is 4.47 Å². The van der Waals surface area contributed by atoms with Gasteiger partial charge in [-0.25, -0.2) is 0 Å². The Morgan fingerprint density at radius 1 is 1.73 bits per heavy atom. The summed E-state index contributed by atoms with van der Waals surface area (Å²) in [5.41, 5.74) is 0.937. The van der Waals surface area contributed by atoms with Crippen LogP contribution in [0.1, 0.15) is 12.1 Å². The molecule has 4 nitrogen and oxygen atoms in total. The van der Waals surface area contributed by atoms with Crippen molar-refractivity contribution >= 4 is 40.3 Å². The van der Waals surface area contributed by atoms with Crippen LogP contribution in [-0.2, 0) is 4.79 Å². The van der Waals surface area contributed by atoms with Crippen molar-refractivity contribution in [3.8, 4) is 0 Å². The molecule has 1 saturated heterocycles. The van der Waals surface area contributed by atoms with Crippen LogP contribution in [0.4, 0.5) is 5.82 Å². The minimum Gasteiger partial charge on any atom is -0.294 e. The van der Waals surface area contributed by atoms with E-state index in [9.17, 15) is 4.79 Å². The highest BCUT2D eigenvalue weighted by molar-refractivity contribution is 9.10. The van der Waals surface area contributed by atoms with Gasteiger partial charge in [-0.3, -0.25) is 14.8 Å². The molecule has 1 atom stereocenters. The zero-order valence-corrected chi connectivity index (χ0v) is 10.8. The van der Waals surface area contributed by atoms with Crippen molar-refractivity contribution in [2.24, 2.45) is 5.92 Å². The third kappa shape index (κ3) is 1.92. The van der Waals surface area contributed by atoms with Gasteiger partial charge in [0, 0.05) is 18.7 Å². The molecule has 82 valence electrons. The summed E-state index contributed by atoms with van der Waals surface area (Å²) in [7, 11) is 0. The maximum Gasteiger partial charge on any atom is 0.228 e. The van der Waals surface area contributed by atoms with Crippen molar-refractivity contribution in [2.75, 3.05) is 17.2 Å². The van der Waals surface area contributed by atoms with E-state index in [4.69, 9.17) is 0 Å². The number of aromatic amines is 1. The molecular weight excluding hydrogens is 278 g/mol. The summed E-state index contributed by atoms with van der Waals surface area (Å²) in [5, 5.41) is 6.98. The number of hydrogen-bond acceptors (Lipinski definition) is 3. The highest BCUT2D eigenvalue weighted by Gasteiger charge is 2.32. The minimum absolute atomic E-state index is 0.126. The lowest BCUT2D eigenvalue weighted by Gasteiger charge is -2.13. The Morgan fingerprint density at radius 2 is 2.47 bits per heavy atom. The van der Waals surface area contributed by atoms with E-state index in [1.807, 2.05) is 6.92 Å². The summed E-state index contributed by atoms with van der Waals surface area (Å²) in [6.07, 6.45) is 0.571. The lowest BCUT2D eigenvalue weighted by atomic mass is 10.1. The molecule has 2 rings (SSSR count). The first-order chi connectivity index (χ1) is 7.13. The van der Waals surface area contributed by atoms with Crippen molar-refractivity contribution < 1.29 is 4.79 Å². The molecule has 1 aromatic heterocycles. The first-order valence-corrected chi connectivity index (χ1v) is 6.17. The van der Waals surface area contributed by atoms with Gasteiger partial charge in [-0.15, -0.1) is 0 Å². The molecule has 1 unspecified atom stereocenters. The van der Waals surface area contributed by atoms with Crippen LogP contribution >= 0.6 is 28.6 Å².